The minimum Gasteiger partial charge on any atom is -0.507 e. The fraction of sp³-hybridized carbons (Fsp3) is 0.294. The Morgan fingerprint density at radius 2 is 1.92 bits per heavy atom. The molecule has 1 aromatic rings. The number of ether oxygens (including phenoxy) is 1. The molecule has 4 N–H and O–H groups in total. The second-order valence-corrected chi connectivity index (χ2v) is 5.61. The number of esters is 1. The fourth-order valence-electron chi connectivity index (χ4n) is 2.21. The van der Waals surface area contributed by atoms with Crippen molar-refractivity contribution in [2.24, 2.45) is 0 Å². The Morgan fingerprint density at radius 3 is 2.67 bits per heavy atom. The topological polar surface area (TPSA) is 115 Å². The van der Waals surface area contributed by atoms with Gasteiger partial charge in [-0.2, -0.15) is 0 Å². The summed E-state index contributed by atoms with van der Waals surface area (Å²) in [5.41, 5.74) is 0.420. The predicted octanol–water partition coefficient (Wildman–Crippen LogP) is 2.06. The van der Waals surface area contributed by atoms with Crippen LogP contribution in [-0.2, 0) is 9.53 Å². The normalized spacial score (nSPS) is 21.7. The van der Waals surface area contributed by atoms with Gasteiger partial charge >= 0.3 is 5.97 Å². The Bertz CT molecular complexity index is 665. The van der Waals surface area contributed by atoms with E-state index in [1.165, 1.54) is 18.2 Å². The Labute approximate surface area is 144 Å². The number of phenolic OH excluding ortho intramolecular Hbond substituents is 1. The van der Waals surface area contributed by atoms with Gasteiger partial charge in [0.2, 0.25) is 0 Å². The van der Waals surface area contributed by atoms with Gasteiger partial charge in [0.15, 0.2) is 5.78 Å². The molecule has 0 amide bonds. The van der Waals surface area contributed by atoms with Gasteiger partial charge in [-0.15, -0.1) is 0 Å². The van der Waals surface area contributed by atoms with Crippen LogP contribution in [-0.4, -0.2) is 40.2 Å². The smallest absolute Gasteiger partial charge is 0.342 e. The van der Waals surface area contributed by atoms with Crippen LogP contribution in [0.5, 0.6) is 5.75 Å². The number of benzene rings is 1. The summed E-state index contributed by atoms with van der Waals surface area (Å²) >= 11 is 5.90. The Hall–Kier alpha value is -2.15. The van der Waals surface area contributed by atoms with Crippen molar-refractivity contribution in [1.29, 1.82) is 0 Å². The Balaban J connectivity index is 0.00000288. The molecular weight excluding hydrogens is 336 g/mol. The first-order valence-electron chi connectivity index (χ1n) is 7.21. The molecule has 1 aromatic carbocycles. The highest BCUT2D eigenvalue weighted by molar-refractivity contribution is 6.31. The van der Waals surface area contributed by atoms with E-state index in [0.717, 1.165) is 0 Å². The molecule has 0 unspecified atom stereocenters. The molecule has 2 rings (SSSR count). The van der Waals surface area contributed by atoms with Crippen molar-refractivity contribution in [2.45, 2.75) is 25.4 Å². The summed E-state index contributed by atoms with van der Waals surface area (Å²) in [6.07, 6.45) is 5.97. The zero-order chi connectivity index (χ0) is 16.8. The number of allylic oxidation sites excluding steroid dienone is 1. The molecule has 0 fully saturated rings. The van der Waals surface area contributed by atoms with Crippen molar-refractivity contribution >= 4 is 29.4 Å². The van der Waals surface area contributed by atoms with Crippen LogP contribution >= 0.6 is 11.6 Å². The van der Waals surface area contributed by atoms with Crippen LogP contribution in [0.1, 0.15) is 35.2 Å². The molecule has 130 valence electrons. The summed E-state index contributed by atoms with van der Waals surface area (Å²) in [4.78, 5) is 23.7. The van der Waals surface area contributed by atoms with E-state index in [1.54, 1.807) is 18.2 Å². The van der Waals surface area contributed by atoms with Crippen molar-refractivity contribution in [3.63, 3.8) is 0 Å². The number of hydrogen-bond donors (Lipinski definition) is 2. The average Bonchev–Trinajstić information content (AvgIpc) is 2.45. The van der Waals surface area contributed by atoms with Crippen molar-refractivity contribution < 1.29 is 30.0 Å². The summed E-state index contributed by atoms with van der Waals surface area (Å²) in [6, 6.07) is 2.80. The van der Waals surface area contributed by atoms with E-state index in [4.69, 9.17) is 16.3 Å². The van der Waals surface area contributed by atoms with Gasteiger partial charge in [-0.25, -0.2) is 4.79 Å². The number of carbonyl (C=O) groups excluding carboxylic acids is 2. The minimum absolute atomic E-state index is 0. The number of ketones is 1. The highest BCUT2D eigenvalue weighted by Gasteiger charge is 2.18. The summed E-state index contributed by atoms with van der Waals surface area (Å²) in [5.74, 6) is -1.12. The number of aromatic hydroxyl groups is 1. The van der Waals surface area contributed by atoms with Gasteiger partial charge in [-0.3, -0.25) is 4.79 Å². The van der Waals surface area contributed by atoms with Crippen LogP contribution in [0.15, 0.2) is 30.4 Å². The predicted molar refractivity (Wildman–Crippen MR) is 90.1 cm³/mol. The summed E-state index contributed by atoms with van der Waals surface area (Å²) < 4.78 is 5.10. The molecule has 7 heteroatoms. The maximum absolute atomic E-state index is 12.1. The molecule has 0 spiro atoms. The number of carbonyl (C=O) groups is 2. The molecule has 1 atom stereocenters. The van der Waals surface area contributed by atoms with Crippen LogP contribution in [0.25, 0.3) is 6.08 Å². The van der Waals surface area contributed by atoms with Crippen LogP contribution in [0, 0.1) is 0 Å². The number of hydrogen-bond acceptors (Lipinski definition) is 5. The summed E-state index contributed by atoms with van der Waals surface area (Å²) in [7, 11) is 0. The first-order chi connectivity index (χ1) is 11.0. The second-order valence-electron chi connectivity index (χ2n) is 5.18. The van der Waals surface area contributed by atoms with Crippen molar-refractivity contribution in [3.05, 3.63) is 46.5 Å². The van der Waals surface area contributed by atoms with Crippen molar-refractivity contribution in [3.8, 4) is 5.75 Å². The summed E-state index contributed by atoms with van der Waals surface area (Å²) in [6.45, 7) is 0.0797. The molecule has 1 aliphatic heterocycles. The van der Waals surface area contributed by atoms with Gasteiger partial charge in [0, 0.05) is 11.4 Å². The lowest BCUT2D eigenvalue weighted by Gasteiger charge is -2.10. The maximum atomic E-state index is 12.1. The zero-order valence-corrected chi connectivity index (χ0v) is 13.6. The molecule has 0 aliphatic carbocycles. The lowest BCUT2D eigenvalue weighted by molar-refractivity contribution is -0.116. The molecule has 0 aromatic heterocycles. The van der Waals surface area contributed by atoms with Crippen LogP contribution in [0.2, 0.25) is 5.02 Å². The number of rotatable bonds is 0. The highest BCUT2D eigenvalue weighted by Crippen LogP contribution is 2.28. The fourth-order valence-corrected chi connectivity index (χ4v) is 2.43. The van der Waals surface area contributed by atoms with Gasteiger partial charge in [0.25, 0.3) is 0 Å². The largest absolute Gasteiger partial charge is 0.507 e. The number of phenols is 1. The third-order valence-electron chi connectivity index (χ3n) is 3.28. The zero-order valence-electron chi connectivity index (χ0n) is 12.9. The number of aliphatic hydroxyl groups is 1. The van der Waals surface area contributed by atoms with E-state index >= 15 is 0 Å². The van der Waals surface area contributed by atoms with E-state index in [2.05, 4.69) is 0 Å². The molecular formula is C17H19ClO6. The molecule has 0 bridgehead atoms. The SMILES string of the molecule is O.O=C1/C=C\CCOC(=O)c2c(O)cc(Cl)cc2/C=C/C[C@H](O)C1. The number of halogens is 1. The molecule has 0 radical (unpaired) electrons. The van der Waals surface area contributed by atoms with Gasteiger partial charge in [-0.05, 0) is 36.6 Å². The first kappa shape index (κ1) is 19.9. The van der Waals surface area contributed by atoms with Crippen LogP contribution < -0.4 is 0 Å². The lowest BCUT2D eigenvalue weighted by Crippen LogP contribution is -2.11. The van der Waals surface area contributed by atoms with Gasteiger partial charge in [0.05, 0.1) is 12.7 Å². The first-order valence-corrected chi connectivity index (χ1v) is 7.59. The van der Waals surface area contributed by atoms with E-state index in [-0.39, 0.29) is 47.0 Å². The van der Waals surface area contributed by atoms with Crippen LogP contribution in [0.4, 0.5) is 0 Å². The molecule has 6 nitrogen and oxygen atoms in total. The van der Waals surface area contributed by atoms with E-state index in [0.29, 0.717) is 12.0 Å². The molecule has 0 saturated heterocycles. The Morgan fingerprint density at radius 1 is 1.17 bits per heavy atom. The quantitative estimate of drug-likeness (QED) is 0.692. The third-order valence-corrected chi connectivity index (χ3v) is 3.50. The van der Waals surface area contributed by atoms with Crippen molar-refractivity contribution in [1.82, 2.24) is 0 Å². The standard InChI is InChI=1S/C17H17ClO5.H2O/c18-12-8-11-4-3-6-14(20)10-13(19)5-1-2-7-23-17(22)16(11)15(21)9-12;/h1,3-5,8-9,14,20-21H,2,6-7,10H2;1H2/b4-3+,5-1-;/t14-;/m0./s1. The Kier molecular flexibility index (Phi) is 7.64. The molecule has 1 aliphatic rings. The number of fused-ring (bicyclic) bond motifs is 1. The van der Waals surface area contributed by atoms with E-state index < -0.39 is 12.1 Å². The monoisotopic (exact) mass is 354 g/mol. The van der Waals surface area contributed by atoms with E-state index in [9.17, 15) is 19.8 Å². The average molecular weight is 355 g/mol. The molecule has 0 saturated carbocycles. The van der Waals surface area contributed by atoms with E-state index in [1.807, 2.05) is 0 Å². The summed E-state index contributed by atoms with van der Waals surface area (Å²) in [5, 5.41) is 20.1. The minimum atomic E-state index is -0.811. The van der Waals surface area contributed by atoms with Crippen LogP contribution in [0.3, 0.4) is 0 Å². The number of cyclic esters (lactones) is 1. The lowest BCUT2D eigenvalue weighted by atomic mass is 10.0. The third kappa shape index (κ3) is 5.49. The van der Waals surface area contributed by atoms with Crippen molar-refractivity contribution in [2.75, 3.05) is 6.61 Å². The molecule has 1 heterocycles. The highest BCUT2D eigenvalue weighted by atomic mass is 35.5. The van der Waals surface area contributed by atoms with Gasteiger partial charge < -0.3 is 20.4 Å². The maximum Gasteiger partial charge on any atom is 0.342 e. The van der Waals surface area contributed by atoms with Gasteiger partial charge in [-0.1, -0.05) is 29.8 Å². The molecule has 24 heavy (non-hydrogen) atoms. The second kappa shape index (κ2) is 9.22. The number of aliphatic hydroxyl groups excluding tert-OH is 1. The van der Waals surface area contributed by atoms with Gasteiger partial charge in [0.1, 0.15) is 11.3 Å².